The Hall–Kier alpha value is 0.250. The molecular weight excluding hydrogens is 171 g/mol. The Balaban J connectivity index is 3.81. The molecule has 2 unspecified atom stereocenters. The average Bonchev–Trinajstić information content (AvgIpc) is 2.00. The van der Waals surface area contributed by atoms with E-state index >= 15 is 0 Å². The van der Waals surface area contributed by atoms with Gasteiger partial charge in [0.25, 0.3) is 0 Å². The van der Waals surface area contributed by atoms with Crippen molar-refractivity contribution in [1.29, 1.82) is 0 Å². The Morgan fingerprint density at radius 3 is 2.40 bits per heavy atom. The van der Waals surface area contributed by atoms with Gasteiger partial charge in [-0.15, -0.1) is 23.2 Å². The van der Waals surface area contributed by atoms with E-state index in [-0.39, 0.29) is 17.1 Å². The SMILES string of the molecule is CCC(=O)C(C)C(Cl)CCl. The van der Waals surface area contributed by atoms with Gasteiger partial charge >= 0.3 is 0 Å². The summed E-state index contributed by atoms with van der Waals surface area (Å²) in [5.74, 6) is 0.416. The number of carbonyl (C=O) groups excluding carboxylic acids is 1. The number of hydrogen-bond acceptors (Lipinski definition) is 1. The van der Waals surface area contributed by atoms with Crippen LogP contribution in [0.3, 0.4) is 0 Å². The van der Waals surface area contributed by atoms with Crippen molar-refractivity contribution in [1.82, 2.24) is 0 Å². The van der Waals surface area contributed by atoms with Gasteiger partial charge in [-0.2, -0.15) is 0 Å². The summed E-state index contributed by atoms with van der Waals surface area (Å²) in [6.45, 7) is 3.64. The van der Waals surface area contributed by atoms with Gasteiger partial charge in [0.1, 0.15) is 5.78 Å². The van der Waals surface area contributed by atoms with E-state index in [9.17, 15) is 4.79 Å². The summed E-state index contributed by atoms with van der Waals surface area (Å²) in [4.78, 5) is 11.0. The fraction of sp³-hybridized carbons (Fsp3) is 0.857. The molecule has 0 aliphatic rings. The molecular formula is C7H12Cl2O. The first-order valence-electron chi connectivity index (χ1n) is 3.36. The van der Waals surface area contributed by atoms with E-state index in [4.69, 9.17) is 23.2 Å². The van der Waals surface area contributed by atoms with Crippen LogP contribution in [0.25, 0.3) is 0 Å². The third kappa shape index (κ3) is 2.89. The van der Waals surface area contributed by atoms with E-state index in [1.54, 1.807) is 0 Å². The van der Waals surface area contributed by atoms with Crippen molar-refractivity contribution in [2.24, 2.45) is 5.92 Å². The van der Waals surface area contributed by atoms with Crippen LogP contribution in [0.5, 0.6) is 0 Å². The van der Waals surface area contributed by atoms with Gasteiger partial charge in [0.15, 0.2) is 0 Å². The summed E-state index contributed by atoms with van der Waals surface area (Å²) in [7, 11) is 0. The normalized spacial score (nSPS) is 16.4. The van der Waals surface area contributed by atoms with Crippen LogP contribution in [0.2, 0.25) is 0 Å². The molecule has 2 atom stereocenters. The molecule has 0 saturated heterocycles. The maximum atomic E-state index is 11.0. The van der Waals surface area contributed by atoms with Crippen LogP contribution in [0.1, 0.15) is 20.3 Å². The van der Waals surface area contributed by atoms with Gasteiger partial charge in [-0.25, -0.2) is 0 Å². The van der Waals surface area contributed by atoms with E-state index in [2.05, 4.69) is 0 Å². The molecule has 10 heavy (non-hydrogen) atoms. The number of rotatable bonds is 4. The summed E-state index contributed by atoms with van der Waals surface area (Å²) in [5, 5.41) is -0.214. The number of ketones is 1. The first-order chi connectivity index (χ1) is 4.63. The number of carbonyl (C=O) groups is 1. The molecule has 60 valence electrons. The lowest BCUT2D eigenvalue weighted by atomic mass is 10.0. The predicted molar refractivity (Wildman–Crippen MR) is 44.8 cm³/mol. The van der Waals surface area contributed by atoms with Crippen LogP contribution in [0.4, 0.5) is 0 Å². The third-order valence-electron chi connectivity index (χ3n) is 1.55. The van der Waals surface area contributed by atoms with Gasteiger partial charge in [-0.05, 0) is 0 Å². The largest absolute Gasteiger partial charge is 0.299 e. The van der Waals surface area contributed by atoms with Gasteiger partial charge < -0.3 is 0 Å². The Morgan fingerprint density at radius 2 is 2.10 bits per heavy atom. The maximum Gasteiger partial charge on any atom is 0.136 e. The molecule has 0 spiro atoms. The molecule has 0 rings (SSSR count). The van der Waals surface area contributed by atoms with Crippen molar-refractivity contribution < 1.29 is 4.79 Å². The van der Waals surface area contributed by atoms with E-state index in [1.165, 1.54) is 0 Å². The minimum atomic E-state index is -0.214. The van der Waals surface area contributed by atoms with Crippen LogP contribution in [-0.2, 0) is 4.79 Å². The van der Waals surface area contributed by atoms with Gasteiger partial charge in [-0.1, -0.05) is 13.8 Å². The van der Waals surface area contributed by atoms with Crippen LogP contribution in [0.15, 0.2) is 0 Å². The Kier molecular flexibility index (Phi) is 5.10. The molecule has 0 fully saturated rings. The van der Waals surface area contributed by atoms with Crippen molar-refractivity contribution in [3.05, 3.63) is 0 Å². The molecule has 0 aromatic rings. The zero-order valence-corrected chi connectivity index (χ0v) is 7.74. The molecule has 0 radical (unpaired) electrons. The molecule has 0 aliphatic carbocycles. The first-order valence-corrected chi connectivity index (χ1v) is 4.33. The lowest BCUT2D eigenvalue weighted by molar-refractivity contribution is -0.121. The smallest absolute Gasteiger partial charge is 0.136 e. The van der Waals surface area contributed by atoms with E-state index in [0.717, 1.165) is 0 Å². The van der Waals surface area contributed by atoms with Gasteiger partial charge in [0.2, 0.25) is 0 Å². The molecule has 1 nitrogen and oxygen atoms in total. The van der Waals surface area contributed by atoms with Crippen molar-refractivity contribution in [3.8, 4) is 0 Å². The molecule has 3 heteroatoms. The summed E-state index contributed by atoms with van der Waals surface area (Å²) in [6.07, 6.45) is 0.543. The van der Waals surface area contributed by atoms with Crippen molar-refractivity contribution in [3.63, 3.8) is 0 Å². The topological polar surface area (TPSA) is 17.1 Å². The highest BCUT2D eigenvalue weighted by Gasteiger charge is 2.18. The Morgan fingerprint density at radius 1 is 1.60 bits per heavy atom. The highest BCUT2D eigenvalue weighted by atomic mass is 35.5. The second kappa shape index (κ2) is 4.97. The summed E-state index contributed by atoms with van der Waals surface area (Å²) in [5.41, 5.74) is 0. The summed E-state index contributed by atoms with van der Waals surface area (Å²) < 4.78 is 0. The van der Waals surface area contributed by atoms with Crippen LogP contribution >= 0.6 is 23.2 Å². The number of hydrogen-bond donors (Lipinski definition) is 0. The molecule has 0 heterocycles. The first kappa shape index (κ1) is 10.2. The molecule has 0 aromatic heterocycles. The van der Waals surface area contributed by atoms with Gasteiger partial charge in [0, 0.05) is 18.2 Å². The molecule has 0 aromatic carbocycles. The molecule has 0 aliphatic heterocycles. The van der Waals surface area contributed by atoms with Crippen LogP contribution in [-0.4, -0.2) is 17.0 Å². The minimum absolute atomic E-state index is 0.107. The Labute approximate surface area is 71.7 Å². The molecule has 0 saturated carbocycles. The maximum absolute atomic E-state index is 11.0. The molecule has 0 bridgehead atoms. The van der Waals surface area contributed by atoms with Gasteiger partial charge in [0.05, 0.1) is 5.38 Å². The molecule has 0 amide bonds. The standard InChI is InChI=1S/C7H12Cl2O/c1-3-7(10)5(2)6(9)4-8/h5-6H,3-4H2,1-2H3. The summed E-state index contributed by atoms with van der Waals surface area (Å²) in [6, 6.07) is 0. The number of Topliss-reactive ketones (excluding diaryl/α,β-unsaturated/α-hetero) is 1. The summed E-state index contributed by atoms with van der Waals surface area (Å²) >= 11 is 11.2. The van der Waals surface area contributed by atoms with Crippen LogP contribution in [0, 0.1) is 5.92 Å². The predicted octanol–water partition coefficient (Wildman–Crippen LogP) is 2.45. The lowest BCUT2D eigenvalue weighted by Crippen LogP contribution is -2.21. The van der Waals surface area contributed by atoms with E-state index in [0.29, 0.717) is 12.3 Å². The van der Waals surface area contributed by atoms with Crippen molar-refractivity contribution in [2.45, 2.75) is 25.6 Å². The zero-order valence-electron chi connectivity index (χ0n) is 6.23. The van der Waals surface area contributed by atoms with Crippen molar-refractivity contribution in [2.75, 3.05) is 5.88 Å². The van der Waals surface area contributed by atoms with E-state index < -0.39 is 0 Å². The Bertz CT molecular complexity index is 114. The minimum Gasteiger partial charge on any atom is -0.299 e. The third-order valence-corrected chi connectivity index (χ3v) is 2.57. The average molecular weight is 183 g/mol. The van der Waals surface area contributed by atoms with Gasteiger partial charge in [-0.3, -0.25) is 4.79 Å². The fourth-order valence-corrected chi connectivity index (χ4v) is 1.07. The lowest BCUT2D eigenvalue weighted by Gasteiger charge is -2.12. The highest BCUT2D eigenvalue weighted by Crippen LogP contribution is 2.14. The van der Waals surface area contributed by atoms with Crippen molar-refractivity contribution >= 4 is 29.0 Å². The van der Waals surface area contributed by atoms with E-state index in [1.807, 2.05) is 13.8 Å². The second-order valence-corrected chi connectivity index (χ2v) is 3.15. The number of halogens is 2. The van der Waals surface area contributed by atoms with Crippen LogP contribution < -0.4 is 0 Å². The second-order valence-electron chi connectivity index (χ2n) is 2.28. The quantitative estimate of drug-likeness (QED) is 0.611. The fourth-order valence-electron chi connectivity index (χ4n) is 0.657. The number of alkyl halides is 2. The monoisotopic (exact) mass is 182 g/mol. The molecule has 0 N–H and O–H groups in total. The zero-order chi connectivity index (χ0) is 8.15. The highest BCUT2D eigenvalue weighted by molar-refractivity contribution is 6.29.